The van der Waals surface area contributed by atoms with E-state index in [0.717, 1.165) is 6.07 Å². The lowest BCUT2D eigenvalue weighted by molar-refractivity contribution is 0.102. The summed E-state index contributed by atoms with van der Waals surface area (Å²) in [5.74, 6) is -0.377. The van der Waals surface area contributed by atoms with E-state index in [1.807, 2.05) is 0 Å². The molecule has 0 aliphatic rings. The number of benzene rings is 3. The lowest BCUT2D eigenvalue weighted by Crippen LogP contribution is -2.17. The van der Waals surface area contributed by atoms with Gasteiger partial charge in [0.05, 0.1) is 23.5 Å². The van der Waals surface area contributed by atoms with Crippen molar-refractivity contribution in [2.75, 3.05) is 17.1 Å². The highest BCUT2D eigenvalue weighted by Gasteiger charge is 2.22. The number of para-hydroxylation sites is 4. The number of rotatable bonds is 6. The number of methoxy groups -OCH3 is 1. The minimum absolute atomic E-state index is 0.0495. The molecule has 0 unspecified atom stereocenters. The van der Waals surface area contributed by atoms with Crippen molar-refractivity contribution < 1.29 is 23.1 Å². The SMILES string of the molecule is COc1ccccc1NS(=O)(=O)c1cc(C(=O)Nc2ccccc2O)ccc1Cl. The van der Waals surface area contributed by atoms with Crippen LogP contribution in [0.5, 0.6) is 11.5 Å². The molecule has 0 aliphatic carbocycles. The minimum atomic E-state index is -4.10. The first-order valence-electron chi connectivity index (χ1n) is 8.36. The molecule has 9 heteroatoms. The summed E-state index contributed by atoms with van der Waals surface area (Å²) >= 11 is 6.09. The fourth-order valence-corrected chi connectivity index (χ4v) is 4.15. The number of phenols is 1. The lowest BCUT2D eigenvalue weighted by Gasteiger charge is -2.13. The molecule has 7 nitrogen and oxygen atoms in total. The van der Waals surface area contributed by atoms with Crippen LogP contribution in [0.1, 0.15) is 10.4 Å². The van der Waals surface area contributed by atoms with E-state index in [-0.39, 0.29) is 32.6 Å². The van der Waals surface area contributed by atoms with E-state index in [0.29, 0.717) is 5.75 Å². The highest BCUT2D eigenvalue weighted by atomic mass is 35.5. The highest BCUT2D eigenvalue weighted by Crippen LogP contribution is 2.30. The van der Waals surface area contributed by atoms with Crippen LogP contribution in [0, 0.1) is 0 Å². The highest BCUT2D eigenvalue weighted by molar-refractivity contribution is 7.92. The first-order valence-corrected chi connectivity index (χ1v) is 10.2. The smallest absolute Gasteiger partial charge is 0.263 e. The average molecular weight is 433 g/mol. The maximum atomic E-state index is 12.9. The Labute approximate surface area is 173 Å². The number of carbonyl (C=O) groups excluding carboxylic acids is 1. The van der Waals surface area contributed by atoms with Gasteiger partial charge in [-0.05, 0) is 42.5 Å². The van der Waals surface area contributed by atoms with Gasteiger partial charge in [-0.25, -0.2) is 8.42 Å². The number of nitrogens with one attached hydrogen (secondary N) is 2. The molecule has 0 aliphatic heterocycles. The normalized spacial score (nSPS) is 11.0. The van der Waals surface area contributed by atoms with E-state index in [1.54, 1.807) is 36.4 Å². The molecule has 0 saturated carbocycles. The zero-order chi connectivity index (χ0) is 21.0. The van der Waals surface area contributed by atoms with Crippen LogP contribution in [-0.2, 0) is 10.0 Å². The molecule has 0 aromatic heterocycles. The molecule has 3 N–H and O–H groups in total. The Balaban J connectivity index is 1.92. The molecule has 29 heavy (non-hydrogen) atoms. The zero-order valence-electron chi connectivity index (χ0n) is 15.2. The van der Waals surface area contributed by atoms with Crippen LogP contribution >= 0.6 is 11.6 Å². The lowest BCUT2D eigenvalue weighted by atomic mass is 10.2. The third-order valence-corrected chi connectivity index (χ3v) is 5.83. The summed E-state index contributed by atoms with van der Waals surface area (Å²) in [6, 6.07) is 16.6. The van der Waals surface area contributed by atoms with Gasteiger partial charge >= 0.3 is 0 Å². The standard InChI is InChI=1S/C20H17ClN2O5S/c1-28-18-9-5-3-7-16(18)23-29(26,27)19-12-13(10-11-14(19)21)20(25)22-15-6-2-4-8-17(15)24/h2-12,23-24H,1H3,(H,22,25). The number of carbonyl (C=O) groups is 1. The van der Waals surface area contributed by atoms with Crippen LogP contribution in [0.15, 0.2) is 71.6 Å². The van der Waals surface area contributed by atoms with Crippen molar-refractivity contribution in [1.82, 2.24) is 0 Å². The molecular formula is C20H17ClN2O5S. The van der Waals surface area contributed by atoms with Gasteiger partial charge in [0.1, 0.15) is 16.4 Å². The Morgan fingerprint density at radius 1 is 1.00 bits per heavy atom. The van der Waals surface area contributed by atoms with Crippen molar-refractivity contribution in [3.05, 3.63) is 77.3 Å². The molecule has 3 aromatic rings. The van der Waals surface area contributed by atoms with Crippen LogP contribution in [0.25, 0.3) is 0 Å². The number of hydrogen-bond donors (Lipinski definition) is 3. The first kappa shape index (κ1) is 20.5. The van der Waals surface area contributed by atoms with E-state index < -0.39 is 15.9 Å². The second-order valence-corrected chi connectivity index (χ2v) is 7.98. The summed E-state index contributed by atoms with van der Waals surface area (Å²) in [7, 11) is -2.68. The Bertz CT molecular complexity index is 1170. The summed E-state index contributed by atoms with van der Waals surface area (Å²) in [6.45, 7) is 0. The van der Waals surface area contributed by atoms with Crippen LogP contribution in [0.3, 0.4) is 0 Å². The van der Waals surface area contributed by atoms with Crippen LogP contribution in [-0.4, -0.2) is 26.5 Å². The van der Waals surface area contributed by atoms with Gasteiger partial charge in [-0.15, -0.1) is 0 Å². The Hall–Kier alpha value is -3.23. The van der Waals surface area contributed by atoms with E-state index in [1.165, 1.54) is 31.4 Å². The molecule has 0 bridgehead atoms. The van der Waals surface area contributed by atoms with Gasteiger partial charge in [-0.3, -0.25) is 9.52 Å². The van der Waals surface area contributed by atoms with E-state index >= 15 is 0 Å². The minimum Gasteiger partial charge on any atom is -0.506 e. The number of hydrogen-bond acceptors (Lipinski definition) is 5. The molecule has 150 valence electrons. The monoisotopic (exact) mass is 432 g/mol. The van der Waals surface area contributed by atoms with Gasteiger partial charge in [0.15, 0.2) is 0 Å². The average Bonchev–Trinajstić information content (AvgIpc) is 2.70. The summed E-state index contributed by atoms with van der Waals surface area (Å²) in [4.78, 5) is 12.2. The molecule has 0 radical (unpaired) electrons. The number of halogens is 1. The van der Waals surface area contributed by atoms with E-state index in [9.17, 15) is 18.3 Å². The fraction of sp³-hybridized carbons (Fsp3) is 0.0500. The van der Waals surface area contributed by atoms with Crippen LogP contribution in [0.2, 0.25) is 5.02 Å². The molecule has 1 amide bonds. The summed E-state index contributed by atoms with van der Waals surface area (Å²) in [6.07, 6.45) is 0. The molecule has 0 saturated heterocycles. The predicted octanol–water partition coefficient (Wildman–Crippen LogP) is 4.11. The topological polar surface area (TPSA) is 105 Å². The van der Waals surface area contributed by atoms with Gasteiger partial charge in [-0.1, -0.05) is 35.9 Å². The molecule has 0 atom stereocenters. The van der Waals surface area contributed by atoms with Crippen LogP contribution < -0.4 is 14.8 Å². The van der Waals surface area contributed by atoms with E-state index in [2.05, 4.69) is 10.0 Å². The number of aromatic hydroxyl groups is 1. The van der Waals surface area contributed by atoms with Crippen molar-refractivity contribution in [3.63, 3.8) is 0 Å². The van der Waals surface area contributed by atoms with Crippen molar-refractivity contribution in [2.24, 2.45) is 0 Å². The number of amides is 1. The third kappa shape index (κ3) is 4.61. The maximum Gasteiger partial charge on any atom is 0.263 e. The molecule has 0 heterocycles. The first-order chi connectivity index (χ1) is 13.8. The maximum absolute atomic E-state index is 12.9. The van der Waals surface area contributed by atoms with Gasteiger partial charge < -0.3 is 15.2 Å². The second-order valence-electron chi connectivity index (χ2n) is 5.92. The summed E-state index contributed by atoms with van der Waals surface area (Å²) in [5, 5.41) is 12.3. The Kier molecular flexibility index (Phi) is 5.95. The fourth-order valence-electron chi connectivity index (χ4n) is 2.55. The quantitative estimate of drug-likeness (QED) is 0.508. The second kappa shape index (κ2) is 8.42. The van der Waals surface area contributed by atoms with Crippen molar-refractivity contribution in [3.8, 4) is 11.5 Å². The van der Waals surface area contributed by atoms with Crippen molar-refractivity contribution in [1.29, 1.82) is 0 Å². The van der Waals surface area contributed by atoms with Gasteiger partial charge in [0, 0.05) is 5.56 Å². The molecule has 0 fully saturated rings. The predicted molar refractivity (Wildman–Crippen MR) is 111 cm³/mol. The largest absolute Gasteiger partial charge is 0.506 e. The Morgan fingerprint density at radius 2 is 1.66 bits per heavy atom. The van der Waals surface area contributed by atoms with Gasteiger partial charge in [-0.2, -0.15) is 0 Å². The molecule has 0 spiro atoms. The third-order valence-electron chi connectivity index (χ3n) is 3.99. The molecule has 3 aromatic carbocycles. The molecule has 3 rings (SSSR count). The van der Waals surface area contributed by atoms with Crippen molar-refractivity contribution >= 4 is 38.9 Å². The summed E-state index contributed by atoms with van der Waals surface area (Å²) in [5.41, 5.74) is 0.484. The van der Waals surface area contributed by atoms with Crippen molar-refractivity contribution in [2.45, 2.75) is 4.90 Å². The summed E-state index contributed by atoms with van der Waals surface area (Å²) < 4.78 is 33.3. The molecular weight excluding hydrogens is 416 g/mol. The van der Waals surface area contributed by atoms with E-state index in [4.69, 9.17) is 16.3 Å². The Morgan fingerprint density at radius 3 is 2.34 bits per heavy atom. The number of sulfonamides is 1. The van der Waals surface area contributed by atoms with Crippen LogP contribution in [0.4, 0.5) is 11.4 Å². The van der Waals surface area contributed by atoms with Gasteiger partial charge in [0.2, 0.25) is 0 Å². The van der Waals surface area contributed by atoms with Gasteiger partial charge in [0.25, 0.3) is 15.9 Å². The zero-order valence-corrected chi connectivity index (χ0v) is 16.8. The number of anilines is 2. The number of ether oxygens (including phenoxy) is 1. The number of phenolic OH excluding ortho intramolecular Hbond substituents is 1.